The minimum atomic E-state index is -0.238. The Bertz CT molecular complexity index is 554. The number of likely N-dealkylation sites (tertiary alicyclic amines) is 1. The predicted octanol–water partition coefficient (Wildman–Crippen LogP) is 0.897. The van der Waals surface area contributed by atoms with E-state index in [0.29, 0.717) is 6.54 Å². The number of ether oxygens (including phenoxy) is 1. The van der Waals surface area contributed by atoms with Crippen LogP contribution in [0, 0.1) is 5.92 Å². The number of rotatable bonds is 6. The zero-order valence-corrected chi connectivity index (χ0v) is 13.7. The molecule has 23 heavy (non-hydrogen) atoms. The highest BCUT2D eigenvalue weighted by atomic mass is 16.5. The number of hydrogen-bond donors (Lipinski definition) is 2. The lowest BCUT2D eigenvalue weighted by molar-refractivity contribution is -0.127. The Balaban J connectivity index is 1.85. The van der Waals surface area contributed by atoms with Gasteiger partial charge in [0, 0.05) is 18.0 Å². The molecule has 126 valence electrons. The Morgan fingerprint density at radius 2 is 2.00 bits per heavy atom. The summed E-state index contributed by atoms with van der Waals surface area (Å²) in [5, 5.41) is 2.95. The average molecular weight is 319 g/mol. The molecule has 1 saturated heterocycles. The van der Waals surface area contributed by atoms with Crippen LogP contribution in [-0.2, 0) is 16.1 Å². The fraction of sp³-hybridized carbons (Fsp3) is 0.529. The van der Waals surface area contributed by atoms with Crippen LogP contribution in [0.4, 0.5) is 0 Å². The summed E-state index contributed by atoms with van der Waals surface area (Å²) in [6.07, 6.45) is 1.44. The lowest BCUT2D eigenvalue weighted by Gasteiger charge is -2.34. The molecule has 1 aliphatic rings. The first kappa shape index (κ1) is 17.3. The molecule has 0 saturated carbocycles. The standard InChI is InChI=1S/C17H25N3O3/c1-12(20-9-7-13(8-10-20)16(18)21)17(22)19-11-14-5-3-4-6-15(14)23-2/h3-6,12-13H,7-11H2,1-2H3,(H2,18,21)(H,19,22)/t12-/m1/s1. The normalized spacial score (nSPS) is 17.5. The molecule has 0 unspecified atom stereocenters. The lowest BCUT2D eigenvalue weighted by atomic mass is 9.95. The molecule has 1 aromatic rings. The van der Waals surface area contributed by atoms with Crippen LogP contribution in [-0.4, -0.2) is 43.0 Å². The molecule has 1 fully saturated rings. The zero-order chi connectivity index (χ0) is 16.8. The van der Waals surface area contributed by atoms with E-state index in [1.54, 1.807) is 7.11 Å². The number of carbonyl (C=O) groups excluding carboxylic acids is 2. The van der Waals surface area contributed by atoms with Gasteiger partial charge >= 0.3 is 0 Å². The van der Waals surface area contributed by atoms with Gasteiger partial charge in [-0.05, 0) is 38.9 Å². The maximum Gasteiger partial charge on any atom is 0.237 e. The van der Waals surface area contributed by atoms with E-state index in [-0.39, 0.29) is 23.8 Å². The van der Waals surface area contributed by atoms with Crippen molar-refractivity contribution in [1.29, 1.82) is 0 Å². The number of primary amides is 1. The van der Waals surface area contributed by atoms with Crippen molar-refractivity contribution < 1.29 is 14.3 Å². The van der Waals surface area contributed by atoms with Gasteiger partial charge in [0.05, 0.1) is 13.2 Å². The monoisotopic (exact) mass is 319 g/mol. The van der Waals surface area contributed by atoms with Crippen LogP contribution in [0.3, 0.4) is 0 Å². The first-order chi connectivity index (χ1) is 11.0. The highest BCUT2D eigenvalue weighted by Crippen LogP contribution is 2.19. The molecular weight excluding hydrogens is 294 g/mol. The summed E-state index contributed by atoms with van der Waals surface area (Å²) in [4.78, 5) is 25.6. The molecule has 2 rings (SSSR count). The Hall–Kier alpha value is -2.08. The SMILES string of the molecule is COc1ccccc1CNC(=O)[C@@H](C)N1CCC(C(N)=O)CC1. The Kier molecular flexibility index (Phi) is 5.98. The number of amides is 2. The van der Waals surface area contributed by atoms with Crippen molar-refractivity contribution in [2.24, 2.45) is 11.7 Å². The van der Waals surface area contributed by atoms with Crippen molar-refractivity contribution >= 4 is 11.8 Å². The smallest absolute Gasteiger partial charge is 0.237 e. The fourth-order valence-corrected chi connectivity index (χ4v) is 2.92. The van der Waals surface area contributed by atoms with Crippen LogP contribution in [0.1, 0.15) is 25.3 Å². The number of para-hydroxylation sites is 1. The third-order valence-corrected chi connectivity index (χ3v) is 4.50. The topological polar surface area (TPSA) is 84.7 Å². The Morgan fingerprint density at radius 1 is 1.35 bits per heavy atom. The summed E-state index contributed by atoms with van der Waals surface area (Å²) in [6.45, 7) is 3.76. The van der Waals surface area contributed by atoms with E-state index >= 15 is 0 Å². The van der Waals surface area contributed by atoms with Crippen LogP contribution in [0.15, 0.2) is 24.3 Å². The van der Waals surface area contributed by atoms with Gasteiger partial charge in [0.15, 0.2) is 0 Å². The molecule has 6 heteroatoms. The fourth-order valence-electron chi connectivity index (χ4n) is 2.92. The molecular formula is C17H25N3O3. The molecule has 3 N–H and O–H groups in total. The van der Waals surface area contributed by atoms with E-state index in [4.69, 9.17) is 10.5 Å². The van der Waals surface area contributed by atoms with Crippen molar-refractivity contribution in [1.82, 2.24) is 10.2 Å². The van der Waals surface area contributed by atoms with Gasteiger partial charge in [0.1, 0.15) is 5.75 Å². The molecule has 1 heterocycles. The number of piperidine rings is 1. The number of hydrogen-bond acceptors (Lipinski definition) is 4. The van der Waals surface area contributed by atoms with Gasteiger partial charge in [0.25, 0.3) is 0 Å². The summed E-state index contributed by atoms with van der Waals surface area (Å²) >= 11 is 0. The maximum absolute atomic E-state index is 12.3. The Labute approximate surface area is 137 Å². The van der Waals surface area contributed by atoms with E-state index in [1.165, 1.54) is 0 Å². The van der Waals surface area contributed by atoms with Crippen LogP contribution >= 0.6 is 0 Å². The minimum Gasteiger partial charge on any atom is -0.496 e. The van der Waals surface area contributed by atoms with Crippen LogP contribution in [0.2, 0.25) is 0 Å². The lowest BCUT2D eigenvalue weighted by Crippen LogP contribution is -2.49. The van der Waals surface area contributed by atoms with Crippen LogP contribution in [0.25, 0.3) is 0 Å². The number of nitrogens with zero attached hydrogens (tertiary/aromatic N) is 1. The largest absolute Gasteiger partial charge is 0.496 e. The highest BCUT2D eigenvalue weighted by Gasteiger charge is 2.28. The van der Waals surface area contributed by atoms with E-state index in [0.717, 1.165) is 37.2 Å². The first-order valence-electron chi connectivity index (χ1n) is 7.96. The number of nitrogens with two attached hydrogens (primary N) is 1. The van der Waals surface area contributed by atoms with Gasteiger partial charge in [0.2, 0.25) is 11.8 Å². The average Bonchev–Trinajstić information content (AvgIpc) is 2.59. The van der Waals surface area contributed by atoms with E-state index in [1.807, 2.05) is 31.2 Å². The van der Waals surface area contributed by atoms with Crippen LogP contribution in [0.5, 0.6) is 5.75 Å². The third kappa shape index (κ3) is 4.45. The van der Waals surface area contributed by atoms with Gasteiger partial charge in [-0.2, -0.15) is 0 Å². The quantitative estimate of drug-likeness (QED) is 0.816. The predicted molar refractivity (Wildman–Crippen MR) is 87.8 cm³/mol. The molecule has 1 aromatic carbocycles. The molecule has 0 aliphatic carbocycles. The van der Waals surface area contributed by atoms with Gasteiger partial charge in [-0.3, -0.25) is 14.5 Å². The van der Waals surface area contributed by atoms with Crippen molar-refractivity contribution in [3.63, 3.8) is 0 Å². The molecule has 1 aliphatic heterocycles. The molecule has 0 aromatic heterocycles. The second kappa shape index (κ2) is 7.97. The third-order valence-electron chi connectivity index (χ3n) is 4.50. The van der Waals surface area contributed by atoms with Gasteiger partial charge in [-0.15, -0.1) is 0 Å². The molecule has 2 amide bonds. The summed E-state index contributed by atoms with van der Waals surface area (Å²) in [6, 6.07) is 7.40. The number of carbonyl (C=O) groups is 2. The summed E-state index contributed by atoms with van der Waals surface area (Å²) in [5.74, 6) is 0.448. The maximum atomic E-state index is 12.3. The van der Waals surface area contributed by atoms with Crippen LogP contribution < -0.4 is 15.8 Å². The second-order valence-corrected chi connectivity index (χ2v) is 5.92. The second-order valence-electron chi connectivity index (χ2n) is 5.92. The molecule has 6 nitrogen and oxygen atoms in total. The van der Waals surface area contributed by atoms with Crippen molar-refractivity contribution in [3.8, 4) is 5.75 Å². The first-order valence-corrected chi connectivity index (χ1v) is 7.96. The Morgan fingerprint density at radius 3 is 2.61 bits per heavy atom. The van der Waals surface area contributed by atoms with Gasteiger partial charge < -0.3 is 15.8 Å². The van der Waals surface area contributed by atoms with E-state index in [2.05, 4.69) is 10.2 Å². The molecule has 0 spiro atoms. The highest BCUT2D eigenvalue weighted by molar-refractivity contribution is 5.81. The number of nitrogens with one attached hydrogen (secondary N) is 1. The summed E-state index contributed by atoms with van der Waals surface area (Å²) in [7, 11) is 1.62. The van der Waals surface area contributed by atoms with Crippen molar-refractivity contribution in [3.05, 3.63) is 29.8 Å². The number of benzene rings is 1. The number of methoxy groups -OCH3 is 1. The zero-order valence-electron chi connectivity index (χ0n) is 13.7. The minimum absolute atomic E-state index is 0.0200. The van der Waals surface area contributed by atoms with Gasteiger partial charge in [-0.25, -0.2) is 0 Å². The van der Waals surface area contributed by atoms with Crippen molar-refractivity contribution in [2.45, 2.75) is 32.4 Å². The summed E-state index contributed by atoms with van der Waals surface area (Å²) < 4.78 is 5.28. The van der Waals surface area contributed by atoms with Gasteiger partial charge in [-0.1, -0.05) is 18.2 Å². The van der Waals surface area contributed by atoms with E-state index < -0.39 is 0 Å². The van der Waals surface area contributed by atoms with E-state index in [9.17, 15) is 9.59 Å². The van der Waals surface area contributed by atoms with Crippen molar-refractivity contribution in [2.75, 3.05) is 20.2 Å². The summed E-state index contributed by atoms with van der Waals surface area (Å²) in [5.41, 5.74) is 6.29. The molecule has 0 radical (unpaired) electrons. The molecule has 1 atom stereocenters. The molecule has 0 bridgehead atoms.